The molecule has 2 rings (SSSR count). The predicted octanol–water partition coefficient (Wildman–Crippen LogP) is 0.194. The van der Waals surface area contributed by atoms with Crippen LogP contribution in [0, 0.1) is 5.92 Å². The zero-order chi connectivity index (χ0) is 14.7. The lowest BCUT2D eigenvalue weighted by Crippen LogP contribution is -2.46. The molecule has 1 aromatic heterocycles. The summed E-state index contributed by atoms with van der Waals surface area (Å²) < 4.78 is 1.55. The van der Waals surface area contributed by atoms with Crippen molar-refractivity contribution in [2.75, 3.05) is 18.9 Å². The molecule has 110 valence electrons. The van der Waals surface area contributed by atoms with Gasteiger partial charge in [-0.3, -0.25) is 14.2 Å². The Labute approximate surface area is 121 Å². The number of hydrogen-bond donors (Lipinski definition) is 1. The molecule has 1 aliphatic heterocycles. The minimum absolute atomic E-state index is 0.0112. The van der Waals surface area contributed by atoms with Gasteiger partial charge in [0, 0.05) is 37.1 Å². The van der Waals surface area contributed by atoms with Crippen molar-refractivity contribution in [2.24, 2.45) is 5.92 Å². The van der Waals surface area contributed by atoms with Crippen LogP contribution in [0.3, 0.4) is 0 Å². The van der Waals surface area contributed by atoms with Gasteiger partial charge in [-0.25, -0.2) is 4.98 Å². The number of aromatic nitrogens is 2. The molecule has 0 saturated carbocycles. The van der Waals surface area contributed by atoms with Crippen LogP contribution in [0.5, 0.6) is 0 Å². The Morgan fingerprint density at radius 1 is 1.65 bits per heavy atom. The summed E-state index contributed by atoms with van der Waals surface area (Å²) in [5, 5.41) is 9.74. The van der Waals surface area contributed by atoms with Crippen LogP contribution >= 0.6 is 11.8 Å². The molecule has 1 amide bonds. The summed E-state index contributed by atoms with van der Waals surface area (Å²) in [4.78, 5) is 30.1. The zero-order valence-electron chi connectivity index (χ0n) is 11.7. The quantitative estimate of drug-likeness (QED) is 0.803. The minimum Gasteiger partial charge on any atom is -0.395 e. The van der Waals surface area contributed by atoms with Crippen molar-refractivity contribution in [3.8, 4) is 0 Å². The number of nitrogens with zero attached hydrogens (tertiary/aromatic N) is 3. The van der Waals surface area contributed by atoms with E-state index in [2.05, 4.69) is 4.98 Å². The van der Waals surface area contributed by atoms with Crippen molar-refractivity contribution >= 4 is 17.7 Å². The molecule has 1 N–H and O–H groups in total. The smallest absolute Gasteiger partial charge is 0.254 e. The van der Waals surface area contributed by atoms with Crippen molar-refractivity contribution < 1.29 is 9.90 Å². The molecule has 0 bridgehead atoms. The van der Waals surface area contributed by atoms with Gasteiger partial charge in [0.2, 0.25) is 5.91 Å². The van der Waals surface area contributed by atoms with E-state index < -0.39 is 0 Å². The van der Waals surface area contributed by atoms with E-state index in [0.717, 1.165) is 0 Å². The number of carbonyl (C=O) groups is 1. The second kappa shape index (κ2) is 6.41. The fourth-order valence-electron chi connectivity index (χ4n) is 2.26. The molecule has 7 heteroatoms. The van der Waals surface area contributed by atoms with E-state index in [4.69, 9.17) is 5.11 Å². The lowest BCUT2D eigenvalue weighted by Gasteiger charge is -2.32. The van der Waals surface area contributed by atoms with E-state index in [0.29, 0.717) is 24.0 Å². The highest BCUT2D eigenvalue weighted by molar-refractivity contribution is 7.99. The van der Waals surface area contributed by atoms with Crippen LogP contribution in [0.25, 0.3) is 0 Å². The molecule has 0 aromatic carbocycles. The van der Waals surface area contributed by atoms with E-state index in [1.54, 1.807) is 9.47 Å². The Morgan fingerprint density at radius 2 is 2.40 bits per heavy atom. The molecule has 2 heterocycles. The summed E-state index contributed by atoms with van der Waals surface area (Å²) in [6.07, 6.45) is 1.50. The largest absolute Gasteiger partial charge is 0.395 e. The van der Waals surface area contributed by atoms with E-state index >= 15 is 0 Å². The molecule has 0 fully saturated rings. The fraction of sp³-hybridized carbons (Fsp3) is 0.615. The first kappa shape index (κ1) is 15.1. The number of aliphatic hydroxyl groups excluding tert-OH is 1. The number of hydrogen-bond acceptors (Lipinski definition) is 5. The number of rotatable bonds is 4. The normalized spacial score (nSPS) is 17.9. The number of thioether (sulfide) groups is 1. The van der Waals surface area contributed by atoms with Gasteiger partial charge in [0.25, 0.3) is 5.56 Å². The van der Waals surface area contributed by atoms with Crippen molar-refractivity contribution in [3.05, 3.63) is 22.6 Å². The van der Waals surface area contributed by atoms with Crippen molar-refractivity contribution in [2.45, 2.75) is 31.6 Å². The standard InChI is InChI=1S/C13H19N3O3S/c1-9(2)15(5-6-17)12(19)10-7-16-11(18)3-4-14-13(16)20-8-10/h3-4,9-10,17H,5-8H2,1-2H3. The van der Waals surface area contributed by atoms with Crippen LogP contribution in [0.2, 0.25) is 0 Å². The van der Waals surface area contributed by atoms with Gasteiger partial charge >= 0.3 is 0 Å². The molecule has 1 aliphatic rings. The molecule has 6 nitrogen and oxygen atoms in total. The van der Waals surface area contributed by atoms with Gasteiger partial charge in [-0.2, -0.15) is 0 Å². The third kappa shape index (κ3) is 3.04. The van der Waals surface area contributed by atoms with Crippen LogP contribution in [-0.4, -0.2) is 50.4 Å². The molecular formula is C13H19N3O3S. The predicted molar refractivity (Wildman–Crippen MR) is 76.6 cm³/mol. The van der Waals surface area contributed by atoms with Crippen LogP contribution in [-0.2, 0) is 11.3 Å². The molecule has 1 aromatic rings. The maximum atomic E-state index is 12.5. The first-order chi connectivity index (χ1) is 9.54. The summed E-state index contributed by atoms with van der Waals surface area (Å²) in [6, 6.07) is 1.44. The average Bonchev–Trinajstić information content (AvgIpc) is 2.44. The fourth-order valence-corrected chi connectivity index (χ4v) is 3.32. The van der Waals surface area contributed by atoms with E-state index in [-0.39, 0.29) is 30.0 Å². The van der Waals surface area contributed by atoms with Crippen molar-refractivity contribution in [3.63, 3.8) is 0 Å². The molecular weight excluding hydrogens is 278 g/mol. The molecule has 20 heavy (non-hydrogen) atoms. The zero-order valence-corrected chi connectivity index (χ0v) is 12.5. The second-order valence-corrected chi connectivity index (χ2v) is 6.02. The topological polar surface area (TPSA) is 75.4 Å². The van der Waals surface area contributed by atoms with Gasteiger partial charge in [-0.15, -0.1) is 0 Å². The van der Waals surface area contributed by atoms with Crippen molar-refractivity contribution in [1.82, 2.24) is 14.5 Å². The number of carbonyl (C=O) groups excluding carboxylic acids is 1. The van der Waals surface area contributed by atoms with Crippen LogP contribution < -0.4 is 5.56 Å². The Hall–Kier alpha value is -1.34. The van der Waals surface area contributed by atoms with Crippen LogP contribution in [0.15, 0.2) is 22.2 Å². The first-order valence-corrected chi connectivity index (χ1v) is 7.63. The van der Waals surface area contributed by atoms with Gasteiger partial charge in [0.05, 0.1) is 12.5 Å². The van der Waals surface area contributed by atoms with Gasteiger partial charge < -0.3 is 10.0 Å². The summed E-state index contributed by atoms with van der Waals surface area (Å²) >= 11 is 1.43. The van der Waals surface area contributed by atoms with Gasteiger partial charge in [-0.05, 0) is 13.8 Å². The Morgan fingerprint density at radius 3 is 3.05 bits per heavy atom. The van der Waals surface area contributed by atoms with Gasteiger partial charge in [0.1, 0.15) is 0 Å². The number of fused-ring (bicyclic) bond motifs is 1. The number of amides is 1. The highest BCUT2D eigenvalue weighted by Crippen LogP contribution is 2.26. The molecule has 0 radical (unpaired) electrons. The van der Waals surface area contributed by atoms with E-state index in [1.807, 2.05) is 13.8 Å². The minimum atomic E-state index is -0.247. The van der Waals surface area contributed by atoms with Gasteiger partial charge in [-0.1, -0.05) is 11.8 Å². The Bertz CT molecular complexity index is 544. The lowest BCUT2D eigenvalue weighted by molar-refractivity contribution is -0.137. The van der Waals surface area contributed by atoms with E-state index in [9.17, 15) is 9.59 Å². The van der Waals surface area contributed by atoms with Crippen molar-refractivity contribution in [1.29, 1.82) is 0 Å². The van der Waals surface area contributed by atoms with Gasteiger partial charge in [0.15, 0.2) is 5.16 Å². The maximum Gasteiger partial charge on any atom is 0.254 e. The summed E-state index contributed by atoms with van der Waals surface area (Å²) in [6.45, 7) is 4.48. The molecule has 0 spiro atoms. The third-order valence-corrected chi connectivity index (χ3v) is 4.47. The Balaban J connectivity index is 2.17. The Kier molecular flexibility index (Phi) is 4.82. The SMILES string of the molecule is CC(C)N(CCO)C(=O)C1CSc2nccc(=O)n2C1. The summed E-state index contributed by atoms with van der Waals surface area (Å²) in [5.74, 6) is 0.357. The molecule has 0 aliphatic carbocycles. The second-order valence-electron chi connectivity index (χ2n) is 5.03. The average molecular weight is 297 g/mol. The van der Waals surface area contributed by atoms with E-state index in [1.165, 1.54) is 24.0 Å². The summed E-state index contributed by atoms with van der Waals surface area (Å²) in [5.41, 5.74) is -0.127. The monoisotopic (exact) mass is 297 g/mol. The molecule has 1 unspecified atom stereocenters. The number of aliphatic hydroxyl groups is 1. The maximum absolute atomic E-state index is 12.5. The first-order valence-electron chi connectivity index (χ1n) is 6.64. The molecule has 1 atom stereocenters. The highest BCUT2D eigenvalue weighted by Gasteiger charge is 2.30. The third-order valence-electron chi connectivity index (χ3n) is 3.31. The highest BCUT2D eigenvalue weighted by atomic mass is 32.2. The van der Waals surface area contributed by atoms with Crippen LogP contribution in [0.4, 0.5) is 0 Å². The lowest BCUT2D eigenvalue weighted by atomic mass is 10.1. The van der Waals surface area contributed by atoms with Crippen LogP contribution in [0.1, 0.15) is 13.8 Å². The summed E-state index contributed by atoms with van der Waals surface area (Å²) in [7, 11) is 0. The molecule has 0 saturated heterocycles.